The molecule has 0 atom stereocenters. The van der Waals surface area contributed by atoms with Gasteiger partial charge in [-0.2, -0.15) is 0 Å². The van der Waals surface area contributed by atoms with Gasteiger partial charge in [0.1, 0.15) is 11.6 Å². The van der Waals surface area contributed by atoms with E-state index in [2.05, 4.69) is 0 Å². The highest BCUT2D eigenvalue weighted by Crippen LogP contribution is 2.21. The second kappa shape index (κ2) is 4.30. The Balaban J connectivity index is 2.27. The molecule has 0 radical (unpaired) electrons. The number of benzene rings is 1. The van der Waals surface area contributed by atoms with E-state index in [4.69, 9.17) is 16.0 Å². The van der Waals surface area contributed by atoms with Gasteiger partial charge in [0.25, 0.3) is 0 Å². The number of furan rings is 1. The Labute approximate surface area is 98.8 Å². The predicted octanol–water partition coefficient (Wildman–Crippen LogP) is 4.28. The molecule has 3 heteroatoms. The zero-order valence-electron chi connectivity index (χ0n) is 9.18. The summed E-state index contributed by atoms with van der Waals surface area (Å²) in [6.45, 7) is 3.92. The van der Waals surface area contributed by atoms with Crippen LogP contribution in [0.15, 0.2) is 28.9 Å². The van der Waals surface area contributed by atoms with E-state index >= 15 is 0 Å². The topological polar surface area (TPSA) is 13.1 Å². The van der Waals surface area contributed by atoms with Crippen LogP contribution in [0.2, 0.25) is 5.02 Å². The van der Waals surface area contributed by atoms with E-state index < -0.39 is 0 Å². The smallest absolute Gasteiger partial charge is 0.142 e. The van der Waals surface area contributed by atoms with E-state index in [9.17, 15) is 4.39 Å². The Kier molecular flexibility index (Phi) is 3.01. The molecule has 0 bridgehead atoms. The third-order valence-corrected chi connectivity index (χ3v) is 3.07. The van der Waals surface area contributed by atoms with Crippen molar-refractivity contribution in [3.63, 3.8) is 0 Å². The molecule has 0 aliphatic carbocycles. The predicted molar refractivity (Wildman–Crippen MR) is 62.4 cm³/mol. The van der Waals surface area contributed by atoms with E-state index in [-0.39, 0.29) is 10.8 Å². The molecule has 0 fully saturated rings. The Morgan fingerprint density at radius 1 is 1.31 bits per heavy atom. The number of halogens is 2. The summed E-state index contributed by atoms with van der Waals surface area (Å²) in [7, 11) is 0. The lowest BCUT2D eigenvalue weighted by molar-refractivity contribution is 0.530. The summed E-state index contributed by atoms with van der Waals surface area (Å²) in [6, 6.07) is 4.87. The molecule has 1 aromatic heterocycles. The second-order valence-electron chi connectivity index (χ2n) is 3.87. The summed E-state index contributed by atoms with van der Waals surface area (Å²) in [5.41, 5.74) is 3.10. The molecule has 1 nitrogen and oxygen atoms in total. The molecule has 0 unspecified atom stereocenters. The van der Waals surface area contributed by atoms with Gasteiger partial charge in [-0.15, -0.1) is 0 Å². The highest BCUT2D eigenvalue weighted by atomic mass is 35.5. The third-order valence-electron chi connectivity index (χ3n) is 2.77. The molecule has 0 aliphatic rings. The average Bonchev–Trinajstić information content (AvgIpc) is 2.55. The minimum absolute atomic E-state index is 0.156. The summed E-state index contributed by atoms with van der Waals surface area (Å²) >= 11 is 5.63. The van der Waals surface area contributed by atoms with Crippen LogP contribution in [-0.2, 0) is 6.42 Å². The van der Waals surface area contributed by atoms with E-state index in [1.807, 2.05) is 19.9 Å². The summed E-state index contributed by atoms with van der Waals surface area (Å²) in [4.78, 5) is 0. The standard InChI is InChI=1S/C13H12ClFO/c1-8-9(2)16-7-11(8)5-10-3-4-12(14)13(15)6-10/h3-4,6-7H,5H2,1-2H3. The van der Waals surface area contributed by atoms with Crippen LogP contribution >= 0.6 is 11.6 Å². The van der Waals surface area contributed by atoms with Crippen molar-refractivity contribution in [2.75, 3.05) is 0 Å². The molecular weight excluding hydrogens is 227 g/mol. The first kappa shape index (κ1) is 11.2. The van der Waals surface area contributed by atoms with Gasteiger partial charge in [-0.3, -0.25) is 0 Å². The van der Waals surface area contributed by atoms with Gasteiger partial charge in [0.05, 0.1) is 11.3 Å². The zero-order valence-corrected chi connectivity index (χ0v) is 9.94. The molecule has 0 spiro atoms. The van der Waals surface area contributed by atoms with Crippen molar-refractivity contribution in [2.24, 2.45) is 0 Å². The average molecular weight is 239 g/mol. The molecule has 1 aromatic carbocycles. The van der Waals surface area contributed by atoms with Crippen LogP contribution in [0.3, 0.4) is 0 Å². The van der Waals surface area contributed by atoms with Crippen LogP contribution in [0.5, 0.6) is 0 Å². The summed E-state index contributed by atoms with van der Waals surface area (Å²) in [5, 5.41) is 0.156. The van der Waals surface area contributed by atoms with Gasteiger partial charge in [-0.05, 0) is 42.7 Å². The van der Waals surface area contributed by atoms with Crippen molar-refractivity contribution in [3.8, 4) is 0 Å². The number of aryl methyl sites for hydroxylation is 1. The first-order chi connectivity index (χ1) is 7.58. The van der Waals surface area contributed by atoms with Gasteiger partial charge in [0.2, 0.25) is 0 Å². The summed E-state index contributed by atoms with van der Waals surface area (Å²) in [5.74, 6) is 0.529. The summed E-state index contributed by atoms with van der Waals surface area (Å²) < 4.78 is 18.5. The van der Waals surface area contributed by atoms with E-state index in [1.165, 1.54) is 6.07 Å². The molecule has 0 saturated heterocycles. The minimum Gasteiger partial charge on any atom is -0.469 e. The van der Waals surface area contributed by atoms with Crippen molar-refractivity contribution < 1.29 is 8.81 Å². The number of hydrogen-bond acceptors (Lipinski definition) is 1. The fourth-order valence-electron chi connectivity index (χ4n) is 1.61. The molecule has 0 saturated carbocycles. The normalized spacial score (nSPS) is 10.8. The van der Waals surface area contributed by atoms with E-state index in [0.717, 1.165) is 22.5 Å². The summed E-state index contributed by atoms with van der Waals surface area (Å²) in [6.07, 6.45) is 2.38. The Morgan fingerprint density at radius 3 is 2.62 bits per heavy atom. The van der Waals surface area contributed by atoms with E-state index in [1.54, 1.807) is 12.3 Å². The van der Waals surface area contributed by atoms with Crippen LogP contribution in [-0.4, -0.2) is 0 Å². The maximum atomic E-state index is 13.2. The van der Waals surface area contributed by atoms with Gasteiger partial charge in [-0.1, -0.05) is 17.7 Å². The lowest BCUT2D eigenvalue weighted by atomic mass is 10.0. The maximum absolute atomic E-state index is 13.2. The van der Waals surface area contributed by atoms with Crippen LogP contribution in [0.1, 0.15) is 22.5 Å². The van der Waals surface area contributed by atoms with Crippen LogP contribution in [0, 0.1) is 19.7 Å². The third kappa shape index (κ3) is 2.12. The van der Waals surface area contributed by atoms with Crippen LogP contribution in [0.25, 0.3) is 0 Å². The lowest BCUT2D eigenvalue weighted by Crippen LogP contribution is -1.90. The molecular formula is C13H12ClFO. The molecule has 0 amide bonds. The second-order valence-corrected chi connectivity index (χ2v) is 4.27. The Hall–Kier alpha value is -1.28. The van der Waals surface area contributed by atoms with Gasteiger partial charge < -0.3 is 4.42 Å². The fourth-order valence-corrected chi connectivity index (χ4v) is 1.72. The molecule has 1 heterocycles. The van der Waals surface area contributed by atoms with Crippen molar-refractivity contribution in [1.82, 2.24) is 0 Å². The van der Waals surface area contributed by atoms with Gasteiger partial charge in [-0.25, -0.2) is 4.39 Å². The largest absolute Gasteiger partial charge is 0.469 e. The molecule has 0 N–H and O–H groups in total. The van der Waals surface area contributed by atoms with E-state index in [0.29, 0.717) is 6.42 Å². The minimum atomic E-state index is -0.378. The van der Waals surface area contributed by atoms with Gasteiger partial charge >= 0.3 is 0 Å². The molecule has 2 aromatic rings. The van der Waals surface area contributed by atoms with Gasteiger partial charge in [0.15, 0.2) is 0 Å². The van der Waals surface area contributed by atoms with Crippen molar-refractivity contribution in [3.05, 3.63) is 57.8 Å². The first-order valence-corrected chi connectivity index (χ1v) is 5.43. The number of hydrogen-bond donors (Lipinski definition) is 0. The first-order valence-electron chi connectivity index (χ1n) is 5.05. The molecule has 0 aliphatic heterocycles. The molecule has 2 rings (SSSR count). The Morgan fingerprint density at radius 2 is 2.06 bits per heavy atom. The Bertz CT molecular complexity index is 517. The number of rotatable bonds is 2. The monoisotopic (exact) mass is 238 g/mol. The van der Waals surface area contributed by atoms with Crippen LogP contribution in [0.4, 0.5) is 4.39 Å². The molecule has 84 valence electrons. The maximum Gasteiger partial charge on any atom is 0.142 e. The quantitative estimate of drug-likeness (QED) is 0.761. The highest BCUT2D eigenvalue weighted by molar-refractivity contribution is 6.30. The van der Waals surface area contributed by atoms with Gasteiger partial charge in [0, 0.05) is 6.42 Å². The fraction of sp³-hybridized carbons (Fsp3) is 0.231. The highest BCUT2D eigenvalue weighted by Gasteiger charge is 2.08. The lowest BCUT2D eigenvalue weighted by Gasteiger charge is -2.01. The SMILES string of the molecule is Cc1occ(Cc2ccc(Cl)c(F)c2)c1C. The molecule has 16 heavy (non-hydrogen) atoms. The van der Waals surface area contributed by atoms with Crippen molar-refractivity contribution in [2.45, 2.75) is 20.3 Å². The van der Waals surface area contributed by atoms with Crippen LogP contribution < -0.4 is 0 Å². The van der Waals surface area contributed by atoms with Crippen molar-refractivity contribution >= 4 is 11.6 Å². The zero-order chi connectivity index (χ0) is 11.7. The van der Waals surface area contributed by atoms with Crippen molar-refractivity contribution in [1.29, 1.82) is 0 Å².